The van der Waals surface area contributed by atoms with Crippen molar-refractivity contribution in [3.63, 3.8) is 0 Å². The number of carboxylic acids is 1. The van der Waals surface area contributed by atoms with Crippen molar-refractivity contribution in [2.24, 2.45) is 0 Å². The molecule has 1 aliphatic rings. The Balaban J connectivity index is 1.97. The van der Waals surface area contributed by atoms with Gasteiger partial charge in [0.25, 0.3) is 11.7 Å². The molecular formula is C23H21BrFNO5. The predicted octanol–water partition coefficient (Wildman–Crippen LogP) is 4.65. The van der Waals surface area contributed by atoms with Crippen molar-refractivity contribution in [1.29, 1.82) is 0 Å². The van der Waals surface area contributed by atoms with Crippen molar-refractivity contribution in [2.45, 2.75) is 31.7 Å². The molecule has 31 heavy (non-hydrogen) atoms. The van der Waals surface area contributed by atoms with Gasteiger partial charge in [-0.15, -0.1) is 0 Å². The Hall–Kier alpha value is -3.00. The van der Waals surface area contributed by atoms with E-state index in [2.05, 4.69) is 15.9 Å². The largest absolute Gasteiger partial charge is 0.507 e. The molecule has 1 unspecified atom stereocenters. The van der Waals surface area contributed by atoms with Crippen LogP contribution in [0.1, 0.15) is 42.9 Å². The lowest BCUT2D eigenvalue weighted by Crippen LogP contribution is -2.30. The number of likely N-dealkylation sites (tertiary alicyclic amines) is 1. The molecule has 1 saturated heterocycles. The smallest absolute Gasteiger partial charge is 0.303 e. The van der Waals surface area contributed by atoms with Gasteiger partial charge in [-0.3, -0.25) is 14.4 Å². The molecule has 0 radical (unpaired) electrons. The van der Waals surface area contributed by atoms with E-state index >= 15 is 0 Å². The number of Topliss-reactive ketones (excluding diaryl/α,β-unsaturated/α-hetero) is 1. The molecule has 1 atom stereocenters. The molecular weight excluding hydrogens is 469 g/mol. The SMILES string of the molecule is O=C(O)CCCCCN1C(=O)C(=O)C(=C(O)c2ccc(Br)cc2)C1c1cccc(F)c1. The number of ketones is 1. The molecule has 6 nitrogen and oxygen atoms in total. The van der Waals surface area contributed by atoms with Crippen LogP contribution in [0.4, 0.5) is 4.39 Å². The first-order chi connectivity index (χ1) is 14.8. The number of aliphatic carboxylic acids is 1. The monoisotopic (exact) mass is 489 g/mol. The van der Waals surface area contributed by atoms with Gasteiger partial charge in [-0.25, -0.2) is 4.39 Å². The van der Waals surface area contributed by atoms with E-state index < -0.39 is 29.5 Å². The zero-order valence-corrected chi connectivity index (χ0v) is 18.1. The minimum absolute atomic E-state index is 0.0235. The van der Waals surface area contributed by atoms with Crippen LogP contribution in [0, 0.1) is 5.82 Å². The van der Waals surface area contributed by atoms with Crippen LogP contribution in [0.15, 0.2) is 58.6 Å². The second-order valence-corrected chi connectivity index (χ2v) is 8.17. The van der Waals surface area contributed by atoms with Gasteiger partial charge in [0.2, 0.25) is 0 Å². The van der Waals surface area contributed by atoms with E-state index in [0.717, 1.165) is 4.47 Å². The Labute approximate surface area is 187 Å². The van der Waals surface area contributed by atoms with Crippen LogP contribution >= 0.6 is 15.9 Å². The molecule has 0 bridgehead atoms. The van der Waals surface area contributed by atoms with Crippen LogP contribution in [0.25, 0.3) is 5.76 Å². The van der Waals surface area contributed by atoms with Gasteiger partial charge in [-0.2, -0.15) is 0 Å². The number of aliphatic hydroxyl groups is 1. The Morgan fingerprint density at radius 1 is 1.03 bits per heavy atom. The number of carbonyl (C=O) groups is 3. The molecule has 162 valence electrons. The highest BCUT2D eigenvalue weighted by Crippen LogP contribution is 2.39. The minimum atomic E-state index is -0.932. The lowest BCUT2D eigenvalue weighted by molar-refractivity contribution is -0.140. The van der Waals surface area contributed by atoms with Gasteiger partial charge in [-0.1, -0.05) is 46.6 Å². The van der Waals surface area contributed by atoms with Crippen LogP contribution in [0.3, 0.4) is 0 Å². The number of carbonyl (C=O) groups excluding carboxylic acids is 2. The number of unbranched alkanes of at least 4 members (excludes halogenated alkanes) is 2. The fourth-order valence-corrected chi connectivity index (χ4v) is 3.90. The molecule has 0 aromatic heterocycles. The normalized spacial score (nSPS) is 17.9. The van der Waals surface area contributed by atoms with Crippen LogP contribution in [0.5, 0.6) is 0 Å². The second-order valence-electron chi connectivity index (χ2n) is 7.26. The number of benzene rings is 2. The van der Waals surface area contributed by atoms with Crippen molar-refractivity contribution in [3.8, 4) is 0 Å². The fraction of sp³-hybridized carbons (Fsp3) is 0.261. The maximum absolute atomic E-state index is 13.9. The maximum Gasteiger partial charge on any atom is 0.303 e. The summed E-state index contributed by atoms with van der Waals surface area (Å²) < 4.78 is 14.7. The number of halogens is 2. The first kappa shape index (κ1) is 22.7. The van der Waals surface area contributed by atoms with Gasteiger partial charge in [0.15, 0.2) is 0 Å². The number of rotatable bonds is 8. The quantitative estimate of drug-likeness (QED) is 0.243. The minimum Gasteiger partial charge on any atom is -0.507 e. The second kappa shape index (κ2) is 9.87. The number of carboxylic acid groups (broad SMARTS) is 1. The van der Waals surface area contributed by atoms with E-state index in [-0.39, 0.29) is 24.3 Å². The van der Waals surface area contributed by atoms with Gasteiger partial charge >= 0.3 is 5.97 Å². The van der Waals surface area contributed by atoms with Crippen molar-refractivity contribution in [1.82, 2.24) is 4.90 Å². The molecule has 8 heteroatoms. The number of aliphatic hydroxyl groups excluding tert-OH is 1. The van der Waals surface area contributed by atoms with E-state index in [4.69, 9.17) is 5.11 Å². The van der Waals surface area contributed by atoms with Crippen LogP contribution in [-0.2, 0) is 14.4 Å². The number of amides is 1. The highest BCUT2D eigenvalue weighted by Gasteiger charge is 2.45. The van der Waals surface area contributed by atoms with Gasteiger partial charge < -0.3 is 15.1 Å². The average molecular weight is 490 g/mol. The number of hydrogen-bond donors (Lipinski definition) is 2. The summed E-state index contributed by atoms with van der Waals surface area (Å²) in [5.74, 6) is -3.34. The van der Waals surface area contributed by atoms with Crippen molar-refractivity contribution >= 4 is 39.3 Å². The summed E-state index contributed by atoms with van der Waals surface area (Å²) in [6.45, 7) is 0.183. The number of nitrogens with zero attached hydrogens (tertiary/aromatic N) is 1. The molecule has 0 saturated carbocycles. The van der Waals surface area contributed by atoms with Gasteiger partial charge in [-0.05, 0) is 42.7 Å². The molecule has 2 N–H and O–H groups in total. The molecule has 1 aliphatic heterocycles. The van der Waals surface area contributed by atoms with Crippen molar-refractivity contribution in [2.75, 3.05) is 6.54 Å². The zero-order chi connectivity index (χ0) is 22.5. The van der Waals surface area contributed by atoms with Crippen LogP contribution in [0.2, 0.25) is 0 Å². The Morgan fingerprint density at radius 2 is 1.74 bits per heavy atom. The molecule has 1 amide bonds. The first-order valence-corrected chi connectivity index (χ1v) is 10.6. The third-order valence-corrected chi connectivity index (χ3v) is 5.64. The lowest BCUT2D eigenvalue weighted by atomic mass is 9.95. The summed E-state index contributed by atoms with van der Waals surface area (Å²) >= 11 is 3.31. The summed E-state index contributed by atoms with van der Waals surface area (Å²) in [4.78, 5) is 37.6. The van der Waals surface area contributed by atoms with Gasteiger partial charge in [0, 0.05) is 23.0 Å². The number of hydrogen-bond acceptors (Lipinski definition) is 4. The van der Waals surface area contributed by atoms with Crippen LogP contribution < -0.4 is 0 Å². The summed E-state index contributed by atoms with van der Waals surface area (Å²) in [5, 5.41) is 19.7. The molecule has 0 spiro atoms. The molecule has 2 aromatic rings. The first-order valence-electron chi connectivity index (χ1n) is 9.81. The standard InChI is InChI=1S/C23H21BrFNO5/c24-16-10-8-14(9-11-16)21(29)19-20(15-5-4-6-17(25)13-15)26(23(31)22(19)30)12-3-1-2-7-18(27)28/h4-6,8-11,13,20,29H,1-3,7,12H2,(H,27,28). The fourth-order valence-electron chi connectivity index (χ4n) is 3.63. The summed E-state index contributed by atoms with van der Waals surface area (Å²) in [5.41, 5.74) is 0.649. The summed E-state index contributed by atoms with van der Waals surface area (Å²) in [6, 6.07) is 11.3. The summed E-state index contributed by atoms with van der Waals surface area (Å²) in [7, 11) is 0. The Bertz CT molecular complexity index is 1030. The van der Waals surface area contributed by atoms with E-state index in [1.165, 1.54) is 23.1 Å². The summed E-state index contributed by atoms with van der Waals surface area (Å²) in [6.07, 6.45) is 1.50. The van der Waals surface area contributed by atoms with E-state index in [9.17, 15) is 23.9 Å². The molecule has 0 aliphatic carbocycles. The maximum atomic E-state index is 13.9. The Kier molecular flexibility index (Phi) is 7.22. The third kappa shape index (κ3) is 5.19. The molecule has 1 fully saturated rings. The molecule has 2 aromatic carbocycles. The van der Waals surface area contributed by atoms with E-state index in [1.54, 1.807) is 30.3 Å². The highest BCUT2D eigenvalue weighted by molar-refractivity contribution is 9.10. The zero-order valence-electron chi connectivity index (χ0n) is 16.6. The van der Waals surface area contributed by atoms with E-state index in [0.29, 0.717) is 30.4 Å². The third-order valence-electron chi connectivity index (χ3n) is 5.11. The molecule has 3 rings (SSSR count). The van der Waals surface area contributed by atoms with Crippen molar-refractivity contribution < 1.29 is 29.0 Å². The van der Waals surface area contributed by atoms with Crippen LogP contribution in [-0.4, -0.2) is 39.3 Å². The molecule has 1 heterocycles. The van der Waals surface area contributed by atoms with Gasteiger partial charge in [0.1, 0.15) is 11.6 Å². The highest BCUT2D eigenvalue weighted by atomic mass is 79.9. The Morgan fingerprint density at radius 3 is 2.39 bits per heavy atom. The van der Waals surface area contributed by atoms with E-state index in [1.807, 2.05) is 0 Å². The topological polar surface area (TPSA) is 94.9 Å². The van der Waals surface area contributed by atoms with Gasteiger partial charge in [0.05, 0.1) is 11.6 Å². The average Bonchev–Trinajstić information content (AvgIpc) is 2.98. The lowest BCUT2D eigenvalue weighted by Gasteiger charge is -2.25. The predicted molar refractivity (Wildman–Crippen MR) is 116 cm³/mol. The van der Waals surface area contributed by atoms with Crippen molar-refractivity contribution in [3.05, 3.63) is 75.5 Å².